The van der Waals surface area contributed by atoms with Gasteiger partial charge in [-0.05, 0) is 69.9 Å². The van der Waals surface area contributed by atoms with Crippen molar-refractivity contribution < 1.29 is 36.6 Å². The standard InChI is InChI=1S/C32H38F4N4O4S/c1-18(2)40(29(41)21-10-7-19(3)8-11-21)26-15-25(33)27(14-23(26)30(42)43-6)44-28-24(32(34,35)36)13-20(16-37-28)9-12-22-17-45-31(38-22)39(4)5/h13-19,21H,7-12H2,1-6H3/t19-,21-. The number of alkyl halides is 3. The summed E-state index contributed by atoms with van der Waals surface area (Å²) in [6.45, 7) is 5.60. The van der Waals surface area contributed by atoms with E-state index < -0.39 is 41.2 Å². The Morgan fingerprint density at radius 1 is 1.09 bits per heavy atom. The van der Waals surface area contributed by atoms with Crippen molar-refractivity contribution in [1.82, 2.24) is 9.97 Å². The number of aryl methyl sites for hydroxylation is 2. The number of pyridine rings is 1. The lowest BCUT2D eigenvalue weighted by Gasteiger charge is -2.34. The molecule has 0 bridgehead atoms. The van der Waals surface area contributed by atoms with Gasteiger partial charge in [0.25, 0.3) is 0 Å². The molecule has 0 atom stereocenters. The van der Waals surface area contributed by atoms with Crippen molar-refractivity contribution in [3.8, 4) is 11.6 Å². The van der Waals surface area contributed by atoms with Crippen LogP contribution in [0.25, 0.3) is 0 Å². The molecule has 1 fully saturated rings. The van der Waals surface area contributed by atoms with E-state index in [4.69, 9.17) is 9.47 Å². The zero-order chi connectivity index (χ0) is 33.1. The molecule has 1 aliphatic carbocycles. The van der Waals surface area contributed by atoms with Crippen LogP contribution in [0.15, 0.2) is 29.8 Å². The Kier molecular flexibility index (Phi) is 10.7. The average molecular weight is 651 g/mol. The van der Waals surface area contributed by atoms with Crippen LogP contribution in [-0.4, -0.2) is 49.1 Å². The van der Waals surface area contributed by atoms with Crippen LogP contribution in [0.4, 0.5) is 28.4 Å². The summed E-state index contributed by atoms with van der Waals surface area (Å²) >= 11 is 1.43. The van der Waals surface area contributed by atoms with Gasteiger partial charge in [-0.3, -0.25) is 4.79 Å². The van der Waals surface area contributed by atoms with Crippen LogP contribution in [0.2, 0.25) is 0 Å². The van der Waals surface area contributed by atoms with Crippen molar-refractivity contribution in [3.05, 3.63) is 58.0 Å². The molecule has 0 radical (unpaired) electrons. The number of rotatable bonds is 10. The molecule has 0 saturated heterocycles. The van der Waals surface area contributed by atoms with Crippen LogP contribution >= 0.6 is 11.3 Å². The molecule has 0 N–H and O–H groups in total. The first-order chi connectivity index (χ1) is 21.2. The number of carbonyl (C=O) groups excluding carboxylic acids is 2. The number of anilines is 2. The van der Waals surface area contributed by atoms with Crippen LogP contribution in [0.5, 0.6) is 11.6 Å². The minimum atomic E-state index is -4.86. The summed E-state index contributed by atoms with van der Waals surface area (Å²) in [5.41, 5.74) is -0.416. The highest BCUT2D eigenvalue weighted by molar-refractivity contribution is 7.13. The van der Waals surface area contributed by atoms with Gasteiger partial charge in [-0.1, -0.05) is 6.92 Å². The SMILES string of the molecule is COC(=O)c1cc(Oc2ncc(CCc3csc(N(C)C)n3)cc2C(F)(F)F)c(F)cc1N(C(=O)[C@H]1CC[C@H](C)CC1)C(C)C. The number of carbonyl (C=O) groups is 2. The summed E-state index contributed by atoms with van der Waals surface area (Å²) in [5, 5.41) is 2.63. The van der Waals surface area contributed by atoms with Gasteiger partial charge in [0, 0.05) is 49.8 Å². The molecule has 0 aliphatic heterocycles. The molecule has 1 aromatic carbocycles. The molecule has 1 amide bonds. The Morgan fingerprint density at radius 2 is 1.78 bits per heavy atom. The number of ether oxygens (including phenoxy) is 2. The maximum absolute atomic E-state index is 15.6. The van der Waals surface area contributed by atoms with E-state index in [2.05, 4.69) is 16.9 Å². The van der Waals surface area contributed by atoms with Crippen LogP contribution in [-0.2, 0) is 28.5 Å². The first-order valence-electron chi connectivity index (χ1n) is 14.8. The van der Waals surface area contributed by atoms with E-state index in [0.29, 0.717) is 30.7 Å². The maximum Gasteiger partial charge on any atom is 0.421 e. The van der Waals surface area contributed by atoms with E-state index in [-0.39, 0.29) is 29.5 Å². The second kappa shape index (κ2) is 14.1. The summed E-state index contributed by atoms with van der Waals surface area (Å²) in [5.74, 6) is -3.54. The van der Waals surface area contributed by atoms with E-state index >= 15 is 4.39 Å². The Labute approximate surface area is 264 Å². The summed E-state index contributed by atoms with van der Waals surface area (Å²) in [6, 6.07) is 2.36. The minimum absolute atomic E-state index is 0.0378. The van der Waals surface area contributed by atoms with Crippen LogP contribution in [0.1, 0.15) is 73.6 Å². The fourth-order valence-corrected chi connectivity index (χ4v) is 6.15. The number of hydrogen-bond donors (Lipinski definition) is 0. The summed E-state index contributed by atoms with van der Waals surface area (Å²) in [7, 11) is 4.82. The molecular formula is C32H38F4N4O4S. The highest BCUT2D eigenvalue weighted by Crippen LogP contribution is 2.40. The lowest BCUT2D eigenvalue weighted by atomic mass is 9.82. The fraction of sp³-hybridized carbons (Fsp3) is 0.500. The molecule has 1 saturated carbocycles. The molecule has 13 heteroatoms. The molecule has 8 nitrogen and oxygen atoms in total. The van der Waals surface area contributed by atoms with Crippen molar-refractivity contribution in [2.75, 3.05) is 31.0 Å². The van der Waals surface area contributed by atoms with E-state index in [1.165, 1.54) is 22.4 Å². The maximum atomic E-state index is 15.6. The third-order valence-electron chi connectivity index (χ3n) is 7.85. The Hall–Kier alpha value is -3.74. The van der Waals surface area contributed by atoms with Gasteiger partial charge < -0.3 is 19.3 Å². The Morgan fingerprint density at radius 3 is 2.36 bits per heavy atom. The van der Waals surface area contributed by atoms with E-state index in [1.807, 2.05) is 24.4 Å². The number of esters is 1. The molecule has 0 unspecified atom stereocenters. The van der Waals surface area contributed by atoms with Crippen LogP contribution < -0.4 is 14.5 Å². The van der Waals surface area contributed by atoms with Crippen molar-refractivity contribution >= 4 is 34.0 Å². The number of amides is 1. The molecule has 45 heavy (non-hydrogen) atoms. The van der Waals surface area contributed by atoms with Gasteiger partial charge in [0.15, 0.2) is 16.7 Å². The molecule has 2 aromatic heterocycles. The number of hydrogen-bond acceptors (Lipinski definition) is 8. The zero-order valence-electron chi connectivity index (χ0n) is 26.2. The minimum Gasteiger partial charge on any atom is -0.465 e. The van der Waals surface area contributed by atoms with Crippen LogP contribution in [0.3, 0.4) is 0 Å². The number of benzene rings is 1. The quantitative estimate of drug-likeness (QED) is 0.164. The topological polar surface area (TPSA) is 84.9 Å². The Bertz CT molecular complexity index is 1520. The van der Waals surface area contributed by atoms with Gasteiger partial charge >= 0.3 is 12.1 Å². The molecule has 4 rings (SSSR count). The second-order valence-corrected chi connectivity index (χ2v) is 12.7. The number of nitrogens with zero attached hydrogens (tertiary/aromatic N) is 4. The molecular weight excluding hydrogens is 612 g/mol. The van der Waals surface area contributed by atoms with Gasteiger partial charge in [-0.25, -0.2) is 19.2 Å². The first-order valence-corrected chi connectivity index (χ1v) is 15.7. The summed E-state index contributed by atoms with van der Waals surface area (Å²) < 4.78 is 68.4. The number of methoxy groups -OCH3 is 1. The zero-order valence-corrected chi connectivity index (χ0v) is 27.0. The van der Waals surface area contributed by atoms with Crippen LogP contribution in [0, 0.1) is 17.7 Å². The second-order valence-electron chi connectivity index (χ2n) is 11.9. The molecule has 0 spiro atoms. The van der Waals surface area contributed by atoms with E-state index in [9.17, 15) is 22.8 Å². The van der Waals surface area contributed by atoms with Crippen molar-refractivity contribution in [1.29, 1.82) is 0 Å². The van der Waals surface area contributed by atoms with E-state index in [0.717, 1.165) is 49.0 Å². The number of thiazole rings is 1. The number of halogens is 4. The lowest BCUT2D eigenvalue weighted by molar-refractivity contribution is -0.139. The molecule has 2 heterocycles. The van der Waals surface area contributed by atoms with Gasteiger partial charge in [-0.2, -0.15) is 13.2 Å². The van der Waals surface area contributed by atoms with E-state index in [1.54, 1.807) is 13.8 Å². The van der Waals surface area contributed by atoms with Crippen molar-refractivity contribution in [2.24, 2.45) is 11.8 Å². The summed E-state index contributed by atoms with van der Waals surface area (Å²) in [4.78, 5) is 38.1. The predicted molar refractivity (Wildman–Crippen MR) is 165 cm³/mol. The smallest absolute Gasteiger partial charge is 0.421 e. The highest BCUT2D eigenvalue weighted by atomic mass is 32.1. The van der Waals surface area contributed by atoms with Gasteiger partial charge in [-0.15, -0.1) is 11.3 Å². The van der Waals surface area contributed by atoms with Gasteiger partial charge in [0.05, 0.1) is 24.1 Å². The fourth-order valence-electron chi connectivity index (χ4n) is 5.36. The monoisotopic (exact) mass is 650 g/mol. The summed E-state index contributed by atoms with van der Waals surface area (Å²) in [6.07, 6.45) is 0.103. The molecule has 1 aliphatic rings. The third kappa shape index (κ3) is 8.11. The molecule has 3 aromatic rings. The van der Waals surface area contributed by atoms with Gasteiger partial charge in [0.1, 0.15) is 5.56 Å². The third-order valence-corrected chi connectivity index (χ3v) is 8.90. The molecule has 244 valence electrons. The predicted octanol–water partition coefficient (Wildman–Crippen LogP) is 7.69. The van der Waals surface area contributed by atoms with Gasteiger partial charge in [0.2, 0.25) is 11.8 Å². The normalized spacial score (nSPS) is 16.9. The Balaban J connectivity index is 1.66. The largest absolute Gasteiger partial charge is 0.465 e. The van der Waals surface area contributed by atoms with Crippen molar-refractivity contribution in [3.63, 3.8) is 0 Å². The lowest BCUT2D eigenvalue weighted by Crippen LogP contribution is -2.43. The first kappa shape index (κ1) is 34.1. The number of aromatic nitrogens is 2. The average Bonchev–Trinajstić information content (AvgIpc) is 3.47. The van der Waals surface area contributed by atoms with Crippen molar-refractivity contribution in [2.45, 2.75) is 71.5 Å². The highest BCUT2D eigenvalue weighted by Gasteiger charge is 2.37.